The molecule has 0 radical (unpaired) electrons. The van der Waals surface area contributed by atoms with Gasteiger partial charge < -0.3 is 9.30 Å². The van der Waals surface area contributed by atoms with Gasteiger partial charge >= 0.3 is 0 Å². The summed E-state index contributed by atoms with van der Waals surface area (Å²) in [6, 6.07) is 77.0. The molecule has 0 atom stereocenters. The second-order valence-electron chi connectivity index (χ2n) is 15.9. The van der Waals surface area contributed by atoms with Crippen molar-refractivity contribution in [3.05, 3.63) is 206 Å². The number of rotatable bonds is 4. The first-order valence-electron chi connectivity index (χ1n) is 20.3. The van der Waals surface area contributed by atoms with E-state index in [-0.39, 0.29) is 13.4 Å². The van der Waals surface area contributed by atoms with Gasteiger partial charge in [-0.1, -0.05) is 193 Å². The second-order valence-corrected chi connectivity index (χ2v) is 15.9. The molecular weight excluding hydrogens is 698 g/mol. The van der Waals surface area contributed by atoms with Crippen LogP contribution in [0.2, 0.25) is 0 Å². The predicted octanol–water partition coefficient (Wildman–Crippen LogP) is 9.30. The Morgan fingerprint density at radius 3 is 1.50 bits per heavy atom. The second kappa shape index (κ2) is 12.1. The van der Waals surface area contributed by atoms with Crippen LogP contribution >= 0.6 is 0 Å². The average molecular weight is 733 g/mol. The van der Waals surface area contributed by atoms with Gasteiger partial charge in [0, 0.05) is 38.6 Å². The smallest absolute Gasteiger partial charge is 0.247 e. The van der Waals surface area contributed by atoms with Crippen LogP contribution in [-0.2, 0) is 0 Å². The molecule has 2 nitrogen and oxygen atoms in total. The van der Waals surface area contributed by atoms with Crippen LogP contribution in [-0.4, -0.2) is 17.8 Å². The lowest BCUT2D eigenvalue weighted by Crippen LogP contribution is -2.65. The van der Waals surface area contributed by atoms with Crippen LogP contribution in [0.1, 0.15) is 0 Å². The van der Waals surface area contributed by atoms with E-state index in [1.165, 1.54) is 110 Å². The van der Waals surface area contributed by atoms with Crippen molar-refractivity contribution in [2.24, 2.45) is 0 Å². The number of aromatic nitrogens is 1. The van der Waals surface area contributed by atoms with Gasteiger partial charge in [0.2, 0.25) is 13.4 Å². The molecule has 0 fully saturated rings. The molecule has 2 aromatic heterocycles. The molecule has 0 saturated heterocycles. The molecule has 0 unspecified atom stereocenters. The van der Waals surface area contributed by atoms with Crippen LogP contribution in [0.5, 0.6) is 0 Å². The third-order valence-electron chi connectivity index (χ3n) is 13.1. The van der Waals surface area contributed by atoms with Crippen LogP contribution in [0.25, 0.3) is 60.3 Å². The molecule has 11 aromatic rings. The molecule has 0 aliphatic carbocycles. The van der Waals surface area contributed by atoms with Crippen molar-refractivity contribution in [1.29, 1.82) is 0 Å². The van der Waals surface area contributed by atoms with E-state index in [2.05, 4.69) is 216 Å². The van der Waals surface area contributed by atoms with Gasteiger partial charge in [-0.15, -0.1) is 0 Å². The van der Waals surface area contributed by atoms with Crippen LogP contribution in [0, 0.1) is 0 Å². The topological polar surface area (TPSA) is 7.65 Å². The highest BCUT2D eigenvalue weighted by molar-refractivity contribution is 7.03. The maximum atomic E-state index is 2.62. The number of hydrogen-bond donors (Lipinski definition) is 0. The first-order valence-corrected chi connectivity index (χ1v) is 20.3. The fourth-order valence-corrected chi connectivity index (χ4v) is 10.8. The van der Waals surface area contributed by atoms with Crippen molar-refractivity contribution in [1.82, 2.24) is 4.40 Å². The molecule has 0 N–H and O–H groups in total. The minimum absolute atomic E-state index is 0.0146. The summed E-state index contributed by atoms with van der Waals surface area (Å²) in [6.45, 7) is 0.0277. The number of nitrogens with zero attached hydrogens (tertiary/aromatic N) is 2. The van der Waals surface area contributed by atoms with Crippen LogP contribution in [0.4, 0.5) is 17.1 Å². The third kappa shape index (κ3) is 4.29. The predicted molar refractivity (Wildman–Crippen MR) is 249 cm³/mol. The maximum absolute atomic E-state index is 2.62. The first kappa shape index (κ1) is 31.9. The van der Waals surface area contributed by atoms with Crippen molar-refractivity contribution >= 4 is 101 Å². The average Bonchev–Trinajstić information content (AvgIpc) is 3.81. The van der Waals surface area contributed by atoms with E-state index in [4.69, 9.17) is 0 Å². The zero-order valence-corrected chi connectivity index (χ0v) is 31.7. The summed E-state index contributed by atoms with van der Waals surface area (Å²) in [7, 11) is 0. The van der Waals surface area contributed by atoms with Gasteiger partial charge in [0.25, 0.3) is 0 Å². The van der Waals surface area contributed by atoms with Crippen molar-refractivity contribution in [3.63, 3.8) is 0 Å². The molecule has 13 rings (SSSR count). The minimum atomic E-state index is -0.0146. The number of para-hydroxylation sites is 4. The van der Waals surface area contributed by atoms with Crippen LogP contribution in [0.15, 0.2) is 206 Å². The van der Waals surface area contributed by atoms with Gasteiger partial charge in [0.05, 0.1) is 16.6 Å². The molecule has 0 saturated carbocycles. The van der Waals surface area contributed by atoms with E-state index in [0.29, 0.717) is 0 Å². The van der Waals surface area contributed by atoms with Crippen molar-refractivity contribution in [2.45, 2.75) is 0 Å². The standard InChI is InChI=1S/C54H34B2N2/c1-3-17-35(18-4-1)37-21-7-10-26-43(37)55-45-28-12-14-32-50(45)58-52-33-42-41-25-15-24-40-39-23-9-13-31-49(39)57(53(40)41)51(42)34-48(52)56(47-30-16-29-46(55)54(47)58)44-27-11-8-22-38(44)36-19-5-2-6-20-36/h1-34H. The minimum Gasteiger partial charge on any atom is -0.313 e. The summed E-state index contributed by atoms with van der Waals surface area (Å²) in [6.07, 6.45) is 0. The molecule has 0 bridgehead atoms. The fraction of sp³-hybridized carbons (Fsp3) is 0. The molecule has 0 amide bonds. The zero-order valence-electron chi connectivity index (χ0n) is 31.7. The summed E-state index contributed by atoms with van der Waals surface area (Å²) in [4.78, 5) is 2.62. The number of fused-ring (bicyclic) bond motifs is 10. The molecular formula is C54H34B2N2. The Bertz CT molecular complexity index is 3420. The molecule has 2 aliphatic rings. The van der Waals surface area contributed by atoms with E-state index in [9.17, 15) is 0 Å². The highest BCUT2D eigenvalue weighted by atomic mass is 15.2. The SMILES string of the molecule is c1ccc(-c2ccccc2B2c3ccccc3N3c4cc5c6cccc7c8ccccc8n(c5cc4B(c4ccccc4-c4ccccc4)c4cccc2c43)c76)cc1. The summed E-state index contributed by atoms with van der Waals surface area (Å²) in [5.41, 5.74) is 20.6. The Balaban J connectivity index is 1.16. The first-order chi connectivity index (χ1) is 28.8. The lowest BCUT2D eigenvalue weighted by atomic mass is 9.30. The summed E-state index contributed by atoms with van der Waals surface area (Å²) in [5.74, 6) is 0. The zero-order chi connectivity index (χ0) is 37.9. The Kier molecular flexibility index (Phi) is 6.65. The normalized spacial score (nSPS) is 13.1. The van der Waals surface area contributed by atoms with Gasteiger partial charge in [-0.2, -0.15) is 0 Å². The summed E-state index contributed by atoms with van der Waals surface area (Å²) >= 11 is 0. The number of benzene rings is 9. The molecule has 9 aromatic carbocycles. The monoisotopic (exact) mass is 732 g/mol. The van der Waals surface area contributed by atoms with Gasteiger partial charge in [0.15, 0.2) is 0 Å². The molecule has 2 aliphatic heterocycles. The highest BCUT2D eigenvalue weighted by Crippen LogP contribution is 2.44. The van der Waals surface area contributed by atoms with E-state index in [1.54, 1.807) is 0 Å². The van der Waals surface area contributed by atoms with Crippen LogP contribution in [0.3, 0.4) is 0 Å². The molecule has 266 valence electrons. The van der Waals surface area contributed by atoms with E-state index < -0.39 is 0 Å². The van der Waals surface area contributed by atoms with Gasteiger partial charge in [-0.25, -0.2) is 0 Å². The largest absolute Gasteiger partial charge is 0.313 e. The van der Waals surface area contributed by atoms with Crippen molar-refractivity contribution in [3.8, 4) is 22.3 Å². The quantitative estimate of drug-likeness (QED) is 0.164. The molecule has 0 spiro atoms. The lowest BCUT2D eigenvalue weighted by molar-refractivity contribution is 1.30. The van der Waals surface area contributed by atoms with Gasteiger partial charge in [-0.3, -0.25) is 0 Å². The Morgan fingerprint density at radius 2 is 0.810 bits per heavy atom. The summed E-state index contributed by atoms with van der Waals surface area (Å²) in [5, 5.41) is 5.19. The molecule has 4 heteroatoms. The Labute approximate surface area is 337 Å². The van der Waals surface area contributed by atoms with Gasteiger partial charge in [0.1, 0.15) is 0 Å². The van der Waals surface area contributed by atoms with E-state index >= 15 is 0 Å². The van der Waals surface area contributed by atoms with E-state index in [1.807, 2.05) is 0 Å². The fourth-order valence-electron chi connectivity index (χ4n) is 10.8. The van der Waals surface area contributed by atoms with Gasteiger partial charge in [-0.05, 0) is 68.4 Å². The third-order valence-corrected chi connectivity index (χ3v) is 13.1. The van der Waals surface area contributed by atoms with Crippen molar-refractivity contribution in [2.75, 3.05) is 4.90 Å². The van der Waals surface area contributed by atoms with E-state index in [0.717, 1.165) is 0 Å². The van der Waals surface area contributed by atoms with Crippen molar-refractivity contribution < 1.29 is 0 Å². The maximum Gasteiger partial charge on any atom is 0.247 e. The molecule has 4 heterocycles. The Hall–Kier alpha value is -7.29. The van der Waals surface area contributed by atoms with Crippen LogP contribution < -0.4 is 37.7 Å². The number of hydrogen-bond acceptors (Lipinski definition) is 1. The lowest BCUT2D eigenvalue weighted by Gasteiger charge is -2.44. The Morgan fingerprint density at radius 1 is 0.310 bits per heavy atom. The summed E-state index contributed by atoms with van der Waals surface area (Å²) < 4.78 is 2.53. The number of anilines is 3. The molecule has 58 heavy (non-hydrogen) atoms. The highest BCUT2D eigenvalue weighted by Gasteiger charge is 2.44.